The lowest BCUT2D eigenvalue weighted by Crippen LogP contribution is -2.70. The normalized spacial score (nSPS) is 23.1. The number of carbonyl (C=O) groups is 4. The van der Waals surface area contributed by atoms with Gasteiger partial charge in [0, 0.05) is 42.9 Å². The van der Waals surface area contributed by atoms with Gasteiger partial charge in [0.15, 0.2) is 5.13 Å². The number of thiazole rings is 1. The number of thioether (sulfide) groups is 1. The molecule has 2 fully saturated rings. The Morgan fingerprint density at radius 2 is 2.03 bits per heavy atom. The van der Waals surface area contributed by atoms with E-state index in [-0.39, 0.29) is 24.5 Å². The van der Waals surface area contributed by atoms with Crippen LogP contribution in [-0.4, -0.2) is 106 Å². The molecule has 0 radical (unpaired) electrons. The number of hydrogen-bond donors (Lipinski definition) is 3. The van der Waals surface area contributed by atoms with Crippen molar-refractivity contribution in [1.82, 2.24) is 25.0 Å². The highest BCUT2D eigenvalue weighted by atomic mass is 32.2. The number of hydrogen-bond acceptors (Lipinski definition) is 10. The van der Waals surface area contributed by atoms with E-state index in [0.717, 1.165) is 18.0 Å². The van der Waals surface area contributed by atoms with Gasteiger partial charge < -0.3 is 30.7 Å². The number of carboxylic acids is 1. The van der Waals surface area contributed by atoms with E-state index < -0.39 is 35.3 Å². The number of carbonyl (C=O) groups excluding carboxylic acids is 3. The van der Waals surface area contributed by atoms with Crippen LogP contribution in [0.5, 0.6) is 0 Å². The third kappa shape index (κ3) is 4.91. The lowest BCUT2D eigenvalue weighted by molar-refractivity contribution is -0.150. The van der Waals surface area contributed by atoms with Gasteiger partial charge in [-0.1, -0.05) is 0 Å². The Labute approximate surface area is 197 Å². The van der Waals surface area contributed by atoms with Crippen molar-refractivity contribution in [3.05, 3.63) is 22.3 Å². The molecule has 0 spiro atoms. The smallest absolute Gasteiger partial charge is 0.410 e. The lowest BCUT2D eigenvalue weighted by Gasteiger charge is -2.49. The summed E-state index contributed by atoms with van der Waals surface area (Å²) in [5.74, 6) is -1.92. The predicted molar refractivity (Wildman–Crippen MR) is 120 cm³/mol. The van der Waals surface area contributed by atoms with Gasteiger partial charge in [-0.2, -0.15) is 0 Å². The fraction of sp³-hybridized carbons (Fsp3) is 0.526. The molecule has 2 saturated heterocycles. The topological polar surface area (TPSA) is 158 Å². The summed E-state index contributed by atoms with van der Waals surface area (Å²) >= 11 is 2.54. The van der Waals surface area contributed by atoms with Gasteiger partial charge in [0.05, 0.1) is 12.1 Å². The van der Waals surface area contributed by atoms with Gasteiger partial charge in [-0.05, 0) is 7.05 Å². The number of rotatable bonds is 6. The average molecular weight is 497 g/mol. The average Bonchev–Trinajstić information content (AvgIpc) is 3.19. The van der Waals surface area contributed by atoms with E-state index in [0.29, 0.717) is 29.5 Å². The van der Waals surface area contributed by atoms with Crippen LogP contribution in [-0.2, 0) is 25.5 Å². The van der Waals surface area contributed by atoms with Crippen molar-refractivity contribution in [1.29, 1.82) is 0 Å². The number of aliphatic carboxylic acids is 1. The molecule has 0 aliphatic carbocycles. The number of piperazine rings is 1. The van der Waals surface area contributed by atoms with Crippen LogP contribution < -0.4 is 11.1 Å². The molecule has 1 aromatic rings. The summed E-state index contributed by atoms with van der Waals surface area (Å²) in [7, 11) is 1.97. The maximum Gasteiger partial charge on any atom is 0.410 e. The van der Waals surface area contributed by atoms with Gasteiger partial charge in [-0.25, -0.2) is 14.6 Å². The first-order valence-corrected chi connectivity index (χ1v) is 12.2. The van der Waals surface area contributed by atoms with Crippen molar-refractivity contribution in [2.45, 2.75) is 17.8 Å². The minimum Gasteiger partial charge on any atom is -0.477 e. The molecule has 1 aromatic heterocycles. The monoisotopic (exact) mass is 496 g/mol. The summed E-state index contributed by atoms with van der Waals surface area (Å²) in [6, 6.07) is -0.831. The maximum absolute atomic E-state index is 12.7. The third-order valence-electron chi connectivity index (χ3n) is 5.61. The molecule has 178 valence electrons. The molecule has 0 bridgehead atoms. The summed E-state index contributed by atoms with van der Waals surface area (Å²) < 4.78 is 5.35. The second-order valence-corrected chi connectivity index (χ2v) is 9.91. The zero-order valence-corrected chi connectivity index (χ0v) is 19.5. The molecule has 2 unspecified atom stereocenters. The SMILES string of the molecule is CN1CCN(C(=O)OCC2=C(C(=O)O)N3C(=O)C(NC(=O)Cc4csc(N)n4)C3SC2)CC1. The first-order valence-electron chi connectivity index (χ1n) is 10.2. The van der Waals surface area contributed by atoms with E-state index in [4.69, 9.17) is 10.5 Å². The number of aromatic nitrogens is 1. The second kappa shape index (κ2) is 9.57. The van der Waals surface area contributed by atoms with Gasteiger partial charge in [-0.15, -0.1) is 23.1 Å². The van der Waals surface area contributed by atoms with Gasteiger partial charge in [0.25, 0.3) is 5.91 Å². The first-order chi connectivity index (χ1) is 15.7. The van der Waals surface area contributed by atoms with Crippen molar-refractivity contribution < 1.29 is 29.0 Å². The Balaban J connectivity index is 1.37. The summed E-state index contributed by atoms with van der Waals surface area (Å²) in [6.07, 6.45) is -0.528. The molecule has 33 heavy (non-hydrogen) atoms. The number of likely N-dealkylation sites (N-methyl/N-ethyl adjacent to an activating group) is 1. The molecule has 4 heterocycles. The minimum absolute atomic E-state index is 0.0238. The largest absolute Gasteiger partial charge is 0.477 e. The number of anilines is 1. The van der Waals surface area contributed by atoms with Crippen molar-refractivity contribution in [3.8, 4) is 0 Å². The zero-order valence-electron chi connectivity index (χ0n) is 17.9. The molecule has 4 N–H and O–H groups in total. The van der Waals surface area contributed by atoms with Crippen LogP contribution in [0.15, 0.2) is 16.7 Å². The zero-order chi connectivity index (χ0) is 23.7. The molecule has 3 aliphatic rings. The van der Waals surface area contributed by atoms with Gasteiger partial charge in [0.2, 0.25) is 5.91 Å². The third-order valence-corrected chi connectivity index (χ3v) is 7.67. The van der Waals surface area contributed by atoms with Crippen LogP contribution in [0.4, 0.5) is 9.93 Å². The molecule has 3 amide bonds. The number of nitrogens with two attached hydrogens (primary N) is 1. The number of carboxylic acid groups (broad SMARTS) is 1. The van der Waals surface area contributed by atoms with E-state index >= 15 is 0 Å². The summed E-state index contributed by atoms with van der Waals surface area (Å²) in [6.45, 7) is 2.34. The van der Waals surface area contributed by atoms with Crippen LogP contribution in [0.2, 0.25) is 0 Å². The van der Waals surface area contributed by atoms with Crippen LogP contribution in [0.1, 0.15) is 5.69 Å². The number of amides is 3. The summed E-state index contributed by atoms with van der Waals surface area (Å²) in [5.41, 5.74) is 6.23. The molecule has 0 saturated carbocycles. The fourth-order valence-electron chi connectivity index (χ4n) is 3.82. The molecule has 4 rings (SSSR count). The van der Waals surface area contributed by atoms with Crippen LogP contribution in [0.25, 0.3) is 0 Å². The van der Waals surface area contributed by atoms with Crippen molar-refractivity contribution in [3.63, 3.8) is 0 Å². The van der Waals surface area contributed by atoms with E-state index in [2.05, 4.69) is 15.2 Å². The Bertz CT molecular complexity index is 1000. The fourth-order valence-corrected chi connectivity index (χ4v) is 5.71. The van der Waals surface area contributed by atoms with Gasteiger partial charge in [0.1, 0.15) is 23.7 Å². The molecule has 3 aliphatic heterocycles. The molecular formula is C19H24N6O6S2. The van der Waals surface area contributed by atoms with Crippen molar-refractivity contribution in [2.24, 2.45) is 0 Å². The first kappa shape index (κ1) is 23.3. The molecule has 14 heteroatoms. The van der Waals surface area contributed by atoms with Gasteiger partial charge in [-0.3, -0.25) is 14.5 Å². The maximum atomic E-state index is 12.7. The van der Waals surface area contributed by atoms with E-state index in [1.54, 1.807) is 10.3 Å². The highest BCUT2D eigenvalue weighted by Crippen LogP contribution is 2.40. The molecular weight excluding hydrogens is 472 g/mol. The van der Waals surface area contributed by atoms with E-state index in [1.165, 1.54) is 23.1 Å². The Kier molecular flexibility index (Phi) is 6.76. The number of nitrogens with zero attached hydrogens (tertiary/aromatic N) is 4. The number of nitrogens with one attached hydrogen (secondary N) is 1. The Morgan fingerprint density at radius 3 is 2.67 bits per heavy atom. The predicted octanol–water partition coefficient (Wildman–Crippen LogP) is -0.610. The van der Waals surface area contributed by atoms with Crippen LogP contribution >= 0.6 is 23.1 Å². The number of nitrogen functional groups attached to an aromatic ring is 1. The van der Waals surface area contributed by atoms with Gasteiger partial charge >= 0.3 is 12.1 Å². The minimum atomic E-state index is -1.28. The highest BCUT2D eigenvalue weighted by molar-refractivity contribution is 8.00. The highest BCUT2D eigenvalue weighted by Gasteiger charge is 2.54. The quantitative estimate of drug-likeness (QED) is 0.434. The lowest BCUT2D eigenvalue weighted by atomic mass is 10.0. The number of β-lactam (4-membered cyclic amide) rings is 1. The number of fused-ring (bicyclic) bond motifs is 1. The van der Waals surface area contributed by atoms with E-state index in [1.807, 2.05) is 7.05 Å². The number of ether oxygens (including phenoxy) is 1. The van der Waals surface area contributed by atoms with E-state index in [9.17, 15) is 24.3 Å². The van der Waals surface area contributed by atoms with Crippen molar-refractivity contribution in [2.75, 3.05) is 51.3 Å². The molecule has 0 aromatic carbocycles. The molecule has 12 nitrogen and oxygen atoms in total. The standard InChI is InChI=1S/C19H24N6O6S2/c1-23-2-4-24(5-3-23)19(30)31-7-10-8-32-16-13(15(27)25(16)14(10)17(28)29)22-12(26)6-11-9-33-18(20)21-11/h9,13,16H,2-8H2,1H3,(H2,20,21)(H,22,26)(H,28,29). The Morgan fingerprint density at radius 1 is 1.30 bits per heavy atom. The Hall–Kier alpha value is -2.84. The second-order valence-electron chi connectivity index (χ2n) is 7.91. The van der Waals surface area contributed by atoms with Crippen LogP contribution in [0, 0.1) is 0 Å². The van der Waals surface area contributed by atoms with Crippen LogP contribution in [0.3, 0.4) is 0 Å². The summed E-state index contributed by atoms with van der Waals surface area (Å²) in [5, 5.41) is 13.9. The summed E-state index contributed by atoms with van der Waals surface area (Å²) in [4.78, 5) is 58.2. The van der Waals surface area contributed by atoms with Crippen molar-refractivity contribution >= 4 is 52.1 Å². The molecule has 2 atom stereocenters.